The van der Waals surface area contributed by atoms with E-state index in [9.17, 15) is 0 Å². The van der Waals surface area contributed by atoms with Crippen molar-refractivity contribution in [1.29, 1.82) is 0 Å². The Bertz CT molecular complexity index is 27.3. The first-order chi connectivity index (χ1) is 2.81. The van der Waals surface area contributed by atoms with Gasteiger partial charge in [0.2, 0.25) is 0 Å². The van der Waals surface area contributed by atoms with Crippen molar-refractivity contribution >= 4 is 0 Å². The van der Waals surface area contributed by atoms with Crippen LogP contribution in [-0.2, 0) is 18.3 Å². The van der Waals surface area contributed by atoms with Gasteiger partial charge in [0.15, 0.2) is 0 Å². The average Bonchev–Trinajstić information content (AvgIpc) is 1.65. The molecule has 0 rings (SSSR count). The van der Waals surface area contributed by atoms with Crippen LogP contribution in [0.1, 0.15) is 20.3 Å². The molecule has 0 bridgehead atoms. The van der Waals surface area contributed by atoms with Crippen LogP contribution >= 0.6 is 0 Å². The van der Waals surface area contributed by atoms with Crippen molar-refractivity contribution in [2.45, 2.75) is 25.3 Å². The summed E-state index contributed by atoms with van der Waals surface area (Å²) in [5.74, 6) is 0.991. The van der Waals surface area contributed by atoms with Crippen molar-refractivity contribution < 1.29 is 30.7 Å². The van der Waals surface area contributed by atoms with Crippen LogP contribution in [0.2, 0.25) is 5.02 Å². The van der Waals surface area contributed by atoms with Crippen LogP contribution in [0, 0.1) is 5.92 Å². The van der Waals surface area contributed by atoms with Gasteiger partial charge in [0, 0.05) is 0 Å². The van der Waals surface area contributed by atoms with Crippen molar-refractivity contribution in [2.75, 3.05) is 0 Å². The summed E-state index contributed by atoms with van der Waals surface area (Å²) in [5, 5.41) is 1.45. The fourth-order valence-corrected chi connectivity index (χ4v) is 1.06. The van der Waals surface area contributed by atoms with Gasteiger partial charge >= 0.3 is 49.5 Å². The molecule has 0 radical (unpaired) electrons. The molecule has 0 saturated heterocycles. The van der Waals surface area contributed by atoms with E-state index in [1.54, 1.807) is 0 Å². The quantitative estimate of drug-likeness (QED) is 0.468. The maximum absolute atomic E-state index is 2.31. The second-order valence-corrected chi connectivity index (χ2v) is 3.01. The van der Waals surface area contributed by atoms with E-state index in [2.05, 4.69) is 13.8 Å². The molecule has 1 atom stereocenters. The van der Waals surface area contributed by atoms with Gasteiger partial charge in [0.25, 0.3) is 0 Å². The molecule has 0 aromatic rings. The van der Waals surface area contributed by atoms with Crippen molar-refractivity contribution in [3.63, 3.8) is 0 Å². The minimum atomic E-state index is 0. The fourth-order valence-electron chi connectivity index (χ4n) is 0.204. The third-order valence-corrected chi connectivity index (χ3v) is 3.26. The van der Waals surface area contributed by atoms with E-state index < -0.39 is 0 Å². The summed E-state index contributed by atoms with van der Waals surface area (Å²) in [4.78, 5) is 0. The number of halogens is 1. The second kappa shape index (κ2) is 6.91. The Balaban J connectivity index is 0. The molecule has 0 amide bonds. The van der Waals surface area contributed by atoms with Gasteiger partial charge in [-0.25, -0.2) is 0 Å². The van der Waals surface area contributed by atoms with Crippen LogP contribution in [0.25, 0.3) is 0 Å². The molecule has 7 heavy (non-hydrogen) atoms. The smallest absolute Gasteiger partial charge is 1.00 e. The normalized spacial score (nSPS) is 12.6. The Morgan fingerprint density at radius 3 is 2.00 bits per heavy atom. The zero-order chi connectivity index (χ0) is 4.99. The molecule has 0 aliphatic heterocycles. The molecular formula is C5H11ClZn. The number of hydrogen-bond donors (Lipinski definition) is 0. The molecule has 0 aliphatic carbocycles. The molecule has 1 unspecified atom stereocenters. The maximum Gasteiger partial charge on any atom is -1.00 e. The minimum Gasteiger partial charge on any atom is -1.00 e. The van der Waals surface area contributed by atoms with E-state index in [0.29, 0.717) is 0 Å². The molecule has 40 valence electrons. The molecule has 0 fully saturated rings. The standard InChI is InChI=1S/C5H11.ClH.Zn/c1-4-5(2)3;;/h5H,2,4H2,1,3H3;1H;/q;;+1/p-1. The molecular weight excluding hydrogens is 161 g/mol. The maximum atomic E-state index is 2.31. The molecule has 0 aliphatic rings. The van der Waals surface area contributed by atoms with E-state index in [1.165, 1.54) is 29.7 Å². The fraction of sp³-hybridized carbons (Fsp3) is 1.00. The van der Waals surface area contributed by atoms with Gasteiger partial charge in [-0.05, 0) is 0 Å². The Morgan fingerprint density at radius 1 is 1.57 bits per heavy atom. The Labute approximate surface area is 62.2 Å². The molecule has 0 saturated carbocycles. The Kier molecular flexibility index (Phi) is 10.7. The SMILES string of the molecule is CCC(C)[CH2][Zn+].[Cl-]. The predicted octanol–water partition coefficient (Wildman–Crippen LogP) is -0.998. The summed E-state index contributed by atoms with van der Waals surface area (Å²) in [7, 11) is 0. The summed E-state index contributed by atoms with van der Waals surface area (Å²) in [6.45, 7) is 4.56. The van der Waals surface area contributed by atoms with Gasteiger partial charge < -0.3 is 12.4 Å². The topological polar surface area (TPSA) is 0 Å². The van der Waals surface area contributed by atoms with Crippen LogP contribution in [0.15, 0.2) is 0 Å². The third kappa shape index (κ3) is 6.91. The summed E-state index contributed by atoms with van der Waals surface area (Å²) in [5.41, 5.74) is 0. The second-order valence-electron chi connectivity index (χ2n) is 1.80. The number of rotatable bonds is 2. The molecule has 0 N–H and O–H groups in total. The van der Waals surface area contributed by atoms with Crippen molar-refractivity contribution in [1.82, 2.24) is 0 Å². The van der Waals surface area contributed by atoms with Crippen molar-refractivity contribution in [2.24, 2.45) is 5.92 Å². The Morgan fingerprint density at radius 2 is 2.00 bits per heavy atom. The molecule has 0 nitrogen and oxygen atoms in total. The van der Waals surface area contributed by atoms with E-state index in [-0.39, 0.29) is 12.4 Å². The third-order valence-electron chi connectivity index (χ3n) is 1.19. The molecule has 0 aromatic heterocycles. The van der Waals surface area contributed by atoms with Gasteiger partial charge in [-0.1, -0.05) is 0 Å². The van der Waals surface area contributed by atoms with E-state index in [4.69, 9.17) is 0 Å². The zero-order valence-corrected chi connectivity index (χ0v) is 8.80. The van der Waals surface area contributed by atoms with Crippen LogP contribution in [0.3, 0.4) is 0 Å². The van der Waals surface area contributed by atoms with Crippen molar-refractivity contribution in [3.05, 3.63) is 0 Å². The number of hydrogen-bond acceptors (Lipinski definition) is 0. The largest absolute Gasteiger partial charge is 1.00 e. The van der Waals surface area contributed by atoms with E-state index in [1.807, 2.05) is 0 Å². The summed E-state index contributed by atoms with van der Waals surface area (Å²) in [6.07, 6.45) is 1.36. The van der Waals surface area contributed by atoms with Gasteiger partial charge in [0.1, 0.15) is 0 Å². The van der Waals surface area contributed by atoms with Gasteiger partial charge in [-0.2, -0.15) is 0 Å². The minimum absolute atomic E-state index is 0. The van der Waals surface area contributed by atoms with Gasteiger partial charge in [-0.15, -0.1) is 0 Å². The van der Waals surface area contributed by atoms with Gasteiger partial charge in [0.05, 0.1) is 0 Å². The van der Waals surface area contributed by atoms with E-state index >= 15 is 0 Å². The first-order valence-corrected chi connectivity index (χ1v) is 4.70. The van der Waals surface area contributed by atoms with E-state index in [0.717, 1.165) is 5.92 Å². The molecule has 0 heterocycles. The first kappa shape index (κ1) is 10.8. The Hall–Kier alpha value is 0.913. The molecule has 2 heteroatoms. The van der Waals surface area contributed by atoms with Crippen molar-refractivity contribution in [3.8, 4) is 0 Å². The van der Waals surface area contributed by atoms with Gasteiger partial charge in [-0.3, -0.25) is 0 Å². The summed E-state index contributed by atoms with van der Waals surface area (Å²) >= 11 is 1.47. The van der Waals surface area contributed by atoms with Crippen LogP contribution in [0.5, 0.6) is 0 Å². The summed E-state index contributed by atoms with van der Waals surface area (Å²) in [6, 6.07) is 0. The van der Waals surface area contributed by atoms with Crippen LogP contribution in [-0.4, -0.2) is 0 Å². The predicted molar refractivity (Wildman–Crippen MR) is 24.3 cm³/mol. The zero-order valence-electron chi connectivity index (χ0n) is 5.08. The molecule has 0 aromatic carbocycles. The monoisotopic (exact) mass is 170 g/mol. The summed E-state index contributed by atoms with van der Waals surface area (Å²) < 4.78 is 0. The first-order valence-electron chi connectivity index (χ1n) is 2.60. The van der Waals surface area contributed by atoms with Crippen LogP contribution < -0.4 is 12.4 Å². The van der Waals surface area contributed by atoms with Crippen LogP contribution in [0.4, 0.5) is 0 Å². The average molecular weight is 172 g/mol. The molecule has 0 spiro atoms.